The van der Waals surface area contributed by atoms with Crippen molar-refractivity contribution in [3.63, 3.8) is 0 Å². The maximum atomic E-state index is 11.9. The maximum absolute atomic E-state index is 11.9. The van der Waals surface area contributed by atoms with E-state index in [2.05, 4.69) is 39.7 Å². The molecule has 0 aliphatic rings. The number of amides is 1. The van der Waals surface area contributed by atoms with Crippen molar-refractivity contribution in [2.24, 2.45) is 5.10 Å². The SMILES string of the molecule is CN(c1ccccc1)c1ccc(C=NNC(=O)CSCc2ccccc2)cc1. The third-order valence-electron chi connectivity index (χ3n) is 4.17. The molecule has 0 aliphatic heterocycles. The quantitative estimate of drug-likeness (QED) is 0.443. The maximum Gasteiger partial charge on any atom is 0.250 e. The first-order chi connectivity index (χ1) is 13.7. The summed E-state index contributed by atoms with van der Waals surface area (Å²) >= 11 is 1.57. The molecule has 0 fully saturated rings. The Morgan fingerprint density at radius 3 is 2.21 bits per heavy atom. The van der Waals surface area contributed by atoms with Crippen molar-refractivity contribution in [1.82, 2.24) is 5.43 Å². The molecule has 4 nitrogen and oxygen atoms in total. The molecule has 0 aromatic heterocycles. The average molecular weight is 390 g/mol. The highest BCUT2D eigenvalue weighted by Gasteiger charge is 2.03. The Balaban J connectivity index is 1.44. The predicted molar refractivity (Wildman–Crippen MR) is 119 cm³/mol. The van der Waals surface area contributed by atoms with Gasteiger partial charge in [-0.3, -0.25) is 4.79 Å². The summed E-state index contributed by atoms with van der Waals surface area (Å²) in [7, 11) is 2.03. The zero-order chi connectivity index (χ0) is 19.6. The Kier molecular flexibility index (Phi) is 7.27. The van der Waals surface area contributed by atoms with Crippen LogP contribution in [0.2, 0.25) is 0 Å². The van der Waals surface area contributed by atoms with Crippen LogP contribution in [0.5, 0.6) is 0 Å². The lowest BCUT2D eigenvalue weighted by atomic mass is 10.2. The summed E-state index contributed by atoms with van der Waals surface area (Å²) in [6.45, 7) is 0. The summed E-state index contributed by atoms with van der Waals surface area (Å²) in [5.41, 5.74) is 6.94. The molecule has 0 saturated carbocycles. The van der Waals surface area contributed by atoms with Gasteiger partial charge in [-0.05, 0) is 35.4 Å². The molecule has 0 radical (unpaired) electrons. The average Bonchev–Trinajstić information content (AvgIpc) is 2.75. The summed E-state index contributed by atoms with van der Waals surface area (Å²) in [5, 5.41) is 4.05. The number of hydrogen-bond donors (Lipinski definition) is 1. The molecule has 3 rings (SSSR count). The smallest absolute Gasteiger partial charge is 0.250 e. The number of thioether (sulfide) groups is 1. The summed E-state index contributed by atoms with van der Waals surface area (Å²) in [6.07, 6.45) is 1.66. The van der Waals surface area contributed by atoms with E-state index in [0.29, 0.717) is 5.75 Å². The number of nitrogens with zero attached hydrogens (tertiary/aromatic N) is 2. The molecule has 0 saturated heterocycles. The minimum Gasteiger partial charge on any atom is -0.345 e. The summed E-state index contributed by atoms with van der Waals surface area (Å²) in [4.78, 5) is 14.0. The van der Waals surface area contributed by atoms with Crippen LogP contribution in [-0.4, -0.2) is 24.9 Å². The van der Waals surface area contributed by atoms with Crippen molar-refractivity contribution in [2.45, 2.75) is 5.75 Å². The second kappa shape index (κ2) is 10.3. The van der Waals surface area contributed by atoms with Crippen molar-refractivity contribution < 1.29 is 4.79 Å². The van der Waals surface area contributed by atoms with Crippen LogP contribution in [0.1, 0.15) is 11.1 Å². The van der Waals surface area contributed by atoms with Crippen LogP contribution in [0.25, 0.3) is 0 Å². The van der Waals surface area contributed by atoms with Gasteiger partial charge in [0.05, 0.1) is 12.0 Å². The number of hydrazone groups is 1. The van der Waals surface area contributed by atoms with Gasteiger partial charge in [-0.15, -0.1) is 11.8 Å². The van der Waals surface area contributed by atoms with Crippen molar-refractivity contribution in [2.75, 3.05) is 17.7 Å². The molecule has 3 aromatic rings. The van der Waals surface area contributed by atoms with E-state index < -0.39 is 0 Å². The first kappa shape index (κ1) is 19.7. The number of anilines is 2. The molecular formula is C23H23N3OS. The second-order valence-electron chi connectivity index (χ2n) is 6.26. The number of benzene rings is 3. The van der Waals surface area contributed by atoms with Crippen molar-refractivity contribution in [3.8, 4) is 0 Å². The van der Waals surface area contributed by atoms with Gasteiger partial charge in [-0.1, -0.05) is 60.7 Å². The molecule has 0 spiro atoms. The van der Waals surface area contributed by atoms with Crippen LogP contribution in [-0.2, 0) is 10.5 Å². The lowest BCUT2D eigenvalue weighted by Gasteiger charge is -2.19. The van der Waals surface area contributed by atoms with Crippen molar-refractivity contribution in [3.05, 3.63) is 96.1 Å². The van der Waals surface area contributed by atoms with E-state index in [9.17, 15) is 4.79 Å². The Labute approximate surface area is 170 Å². The van der Waals surface area contributed by atoms with Gasteiger partial charge >= 0.3 is 0 Å². The minimum atomic E-state index is -0.0994. The first-order valence-electron chi connectivity index (χ1n) is 9.05. The fourth-order valence-corrected chi connectivity index (χ4v) is 3.41. The lowest BCUT2D eigenvalue weighted by molar-refractivity contribution is -0.118. The zero-order valence-electron chi connectivity index (χ0n) is 15.8. The van der Waals surface area contributed by atoms with E-state index in [0.717, 1.165) is 22.7 Å². The first-order valence-corrected chi connectivity index (χ1v) is 10.2. The van der Waals surface area contributed by atoms with E-state index in [1.54, 1.807) is 18.0 Å². The van der Waals surface area contributed by atoms with Crippen LogP contribution in [0.15, 0.2) is 90.0 Å². The third kappa shape index (κ3) is 5.99. The molecule has 0 atom stereocenters. The molecule has 0 unspecified atom stereocenters. The Hall–Kier alpha value is -3.05. The molecule has 1 N–H and O–H groups in total. The fourth-order valence-electron chi connectivity index (χ4n) is 2.63. The Morgan fingerprint density at radius 1 is 0.929 bits per heavy atom. The normalized spacial score (nSPS) is 10.8. The Bertz CT molecular complexity index is 896. The van der Waals surface area contributed by atoms with Gasteiger partial charge in [-0.2, -0.15) is 5.10 Å². The zero-order valence-corrected chi connectivity index (χ0v) is 16.6. The number of carbonyl (C=O) groups excluding carboxylic acids is 1. The third-order valence-corrected chi connectivity index (χ3v) is 5.18. The number of nitrogens with one attached hydrogen (secondary N) is 1. The highest BCUT2D eigenvalue weighted by Crippen LogP contribution is 2.22. The van der Waals surface area contributed by atoms with Crippen LogP contribution < -0.4 is 10.3 Å². The molecule has 0 bridgehead atoms. The molecule has 3 aromatic carbocycles. The van der Waals surface area contributed by atoms with Gasteiger partial charge in [0.15, 0.2) is 0 Å². The number of carbonyl (C=O) groups is 1. The van der Waals surface area contributed by atoms with Crippen molar-refractivity contribution >= 4 is 35.3 Å². The summed E-state index contributed by atoms with van der Waals surface area (Å²) < 4.78 is 0. The van der Waals surface area contributed by atoms with Gasteiger partial charge in [0.2, 0.25) is 5.91 Å². The predicted octanol–water partition coefficient (Wildman–Crippen LogP) is 4.84. The van der Waals surface area contributed by atoms with Crippen LogP contribution in [0.3, 0.4) is 0 Å². The van der Waals surface area contributed by atoms with Gasteiger partial charge in [-0.25, -0.2) is 5.43 Å². The van der Waals surface area contributed by atoms with Crippen LogP contribution >= 0.6 is 11.8 Å². The second-order valence-corrected chi connectivity index (χ2v) is 7.24. The highest BCUT2D eigenvalue weighted by molar-refractivity contribution is 7.99. The highest BCUT2D eigenvalue weighted by atomic mass is 32.2. The number of para-hydroxylation sites is 1. The molecule has 0 aliphatic carbocycles. The van der Waals surface area contributed by atoms with E-state index in [1.165, 1.54) is 5.56 Å². The van der Waals surface area contributed by atoms with Gasteiger partial charge in [0.1, 0.15) is 0 Å². The van der Waals surface area contributed by atoms with Gasteiger partial charge in [0, 0.05) is 24.2 Å². The Morgan fingerprint density at radius 2 is 1.54 bits per heavy atom. The lowest BCUT2D eigenvalue weighted by Crippen LogP contribution is -2.19. The largest absolute Gasteiger partial charge is 0.345 e. The molecule has 5 heteroatoms. The van der Waals surface area contributed by atoms with Gasteiger partial charge in [0.25, 0.3) is 0 Å². The molecule has 1 amide bonds. The number of rotatable bonds is 8. The van der Waals surface area contributed by atoms with E-state index in [-0.39, 0.29) is 5.91 Å². The van der Waals surface area contributed by atoms with Crippen molar-refractivity contribution in [1.29, 1.82) is 0 Å². The molecular weight excluding hydrogens is 366 g/mol. The minimum absolute atomic E-state index is 0.0994. The summed E-state index contributed by atoms with van der Waals surface area (Å²) in [6, 6.07) is 28.3. The van der Waals surface area contributed by atoms with E-state index in [4.69, 9.17) is 0 Å². The van der Waals surface area contributed by atoms with Gasteiger partial charge < -0.3 is 4.90 Å². The fraction of sp³-hybridized carbons (Fsp3) is 0.130. The standard InChI is InChI=1S/C23H23N3OS/c1-26(21-10-6-3-7-11-21)22-14-12-19(13-15-22)16-24-25-23(27)18-28-17-20-8-4-2-5-9-20/h2-16H,17-18H2,1H3,(H,25,27). The summed E-state index contributed by atoms with van der Waals surface area (Å²) in [5.74, 6) is 1.10. The monoisotopic (exact) mass is 389 g/mol. The van der Waals surface area contributed by atoms with E-state index in [1.807, 2.05) is 67.7 Å². The molecule has 142 valence electrons. The molecule has 0 heterocycles. The number of hydrogen-bond acceptors (Lipinski definition) is 4. The van der Waals surface area contributed by atoms with Crippen LogP contribution in [0.4, 0.5) is 11.4 Å². The topological polar surface area (TPSA) is 44.7 Å². The molecule has 28 heavy (non-hydrogen) atoms. The van der Waals surface area contributed by atoms with E-state index >= 15 is 0 Å². The van der Waals surface area contributed by atoms with Crippen LogP contribution in [0, 0.1) is 0 Å².